The van der Waals surface area contributed by atoms with Gasteiger partial charge in [-0.2, -0.15) is 9.61 Å². The molecular formula is C15H12F3N5O. The first-order chi connectivity index (χ1) is 11.4. The Hall–Kier alpha value is -2.71. The second-order valence-electron chi connectivity index (χ2n) is 5.72. The summed E-state index contributed by atoms with van der Waals surface area (Å²) in [4.78, 5) is 3.87. The molecule has 4 rings (SSSR count). The highest BCUT2D eigenvalue weighted by Crippen LogP contribution is 2.48. The molecule has 1 atom stereocenters. The molecule has 24 heavy (non-hydrogen) atoms. The fourth-order valence-corrected chi connectivity index (χ4v) is 2.35. The first-order valence-corrected chi connectivity index (χ1v) is 7.30. The van der Waals surface area contributed by atoms with Crippen molar-refractivity contribution in [3.8, 4) is 17.1 Å². The van der Waals surface area contributed by atoms with E-state index in [1.54, 1.807) is 19.1 Å². The number of alkyl halides is 2. The van der Waals surface area contributed by atoms with Gasteiger partial charge >= 0.3 is 0 Å². The van der Waals surface area contributed by atoms with E-state index in [9.17, 15) is 13.2 Å². The quantitative estimate of drug-likeness (QED) is 0.733. The number of hydrogen-bond donors (Lipinski definition) is 0. The lowest BCUT2D eigenvalue weighted by Gasteiger charge is -2.07. The molecule has 3 aromatic heterocycles. The van der Waals surface area contributed by atoms with Crippen LogP contribution in [0.2, 0.25) is 0 Å². The Morgan fingerprint density at radius 3 is 2.83 bits per heavy atom. The highest BCUT2D eigenvalue weighted by atomic mass is 19.3. The Bertz CT molecular complexity index is 927. The van der Waals surface area contributed by atoms with Gasteiger partial charge in [0.1, 0.15) is 0 Å². The average Bonchev–Trinajstić information content (AvgIpc) is 3.00. The summed E-state index contributed by atoms with van der Waals surface area (Å²) in [6, 6.07) is 4.59. The van der Waals surface area contributed by atoms with Crippen LogP contribution in [-0.4, -0.2) is 37.3 Å². The fraction of sp³-hybridized carbons (Fsp3) is 0.333. The second kappa shape index (κ2) is 5.15. The summed E-state index contributed by atoms with van der Waals surface area (Å²) in [7, 11) is 0. The molecule has 0 bridgehead atoms. The van der Waals surface area contributed by atoms with E-state index in [-0.39, 0.29) is 18.9 Å². The van der Waals surface area contributed by atoms with E-state index < -0.39 is 17.7 Å². The third-order valence-corrected chi connectivity index (χ3v) is 3.90. The molecule has 0 amide bonds. The number of halogens is 3. The number of pyridine rings is 1. The summed E-state index contributed by atoms with van der Waals surface area (Å²) in [5, 5.41) is 12.1. The van der Waals surface area contributed by atoms with Crippen molar-refractivity contribution in [3.05, 3.63) is 36.0 Å². The molecule has 0 N–H and O–H groups in total. The number of hydrogen-bond acceptors (Lipinski definition) is 5. The Labute approximate surface area is 134 Å². The van der Waals surface area contributed by atoms with Crippen molar-refractivity contribution in [2.24, 2.45) is 5.92 Å². The van der Waals surface area contributed by atoms with Crippen molar-refractivity contribution >= 4 is 5.65 Å². The number of rotatable bonds is 4. The van der Waals surface area contributed by atoms with Gasteiger partial charge in [0.2, 0.25) is 5.88 Å². The Balaban J connectivity index is 1.57. The molecule has 1 aliphatic carbocycles. The van der Waals surface area contributed by atoms with Gasteiger partial charge in [-0.25, -0.2) is 18.2 Å². The highest BCUT2D eigenvalue weighted by molar-refractivity contribution is 5.59. The van der Waals surface area contributed by atoms with Crippen molar-refractivity contribution in [3.63, 3.8) is 0 Å². The minimum Gasteiger partial charge on any atom is -0.475 e. The third kappa shape index (κ3) is 2.55. The van der Waals surface area contributed by atoms with Gasteiger partial charge < -0.3 is 4.74 Å². The molecule has 124 valence electrons. The van der Waals surface area contributed by atoms with Crippen LogP contribution in [0.5, 0.6) is 5.88 Å². The van der Waals surface area contributed by atoms with Crippen molar-refractivity contribution in [2.75, 3.05) is 6.61 Å². The van der Waals surface area contributed by atoms with Crippen LogP contribution in [0.3, 0.4) is 0 Å². The Kier molecular flexibility index (Phi) is 3.19. The molecule has 6 nitrogen and oxygen atoms in total. The molecule has 1 saturated carbocycles. The van der Waals surface area contributed by atoms with E-state index in [1.165, 1.54) is 16.8 Å². The Morgan fingerprint density at radius 1 is 1.33 bits per heavy atom. The van der Waals surface area contributed by atoms with Gasteiger partial charge in [-0.3, -0.25) is 0 Å². The summed E-state index contributed by atoms with van der Waals surface area (Å²) in [6.45, 7) is 1.50. The lowest BCUT2D eigenvalue weighted by molar-refractivity contribution is 0.0842. The monoisotopic (exact) mass is 335 g/mol. The predicted octanol–water partition coefficient (Wildman–Crippen LogP) is 2.67. The van der Waals surface area contributed by atoms with Crippen LogP contribution in [0, 0.1) is 18.7 Å². The van der Waals surface area contributed by atoms with Gasteiger partial charge in [-0.15, -0.1) is 10.2 Å². The van der Waals surface area contributed by atoms with Gasteiger partial charge in [0.25, 0.3) is 5.92 Å². The molecule has 0 aliphatic heterocycles. The van der Waals surface area contributed by atoms with E-state index >= 15 is 0 Å². The van der Waals surface area contributed by atoms with Crippen LogP contribution in [0.25, 0.3) is 16.9 Å². The zero-order valence-electron chi connectivity index (χ0n) is 12.6. The maximum Gasteiger partial charge on any atom is 0.255 e. The molecule has 0 radical (unpaired) electrons. The van der Waals surface area contributed by atoms with E-state index in [0.29, 0.717) is 22.7 Å². The molecule has 0 aromatic carbocycles. The number of fused-ring (bicyclic) bond motifs is 1. The molecule has 0 spiro atoms. The molecule has 3 heterocycles. The molecule has 0 saturated heterocycles. The van der Waals surface area contributed by atoms with E-state index in [2.05, 4.69) is 20.3 Å². The Morgan fingerprint density at radius 2 is 2.12 bits per heavy atom. The molecule has 3 aromatic rings. The SMILES string of the molecule is Cc1nnc2ccc(-c3cnc(OC[C@H]4CC4(F)F)c(F)c3)nn12. The average molecular weight is 335 g/mol. The topological polar surface area (TPSA) is 65.2 Å². The van der Waals surface area contributed by atoms with Crippen molar-refractivity contribution in [2.45, 2.75) is 19.3 Å². The zero-order chi connectivity index (χ0) is 16.9. The van der Waals surface area contributed by atoms with E-state index in [4.69, 9.17) is 4.74 Å². The summed E-state index contributed by atoms with van der Waals surface area (Å²) in [5.41, 5.74) is 1.50. The van der Waals surface area contributed by atoms with Gasteiger partial charge in [-0.1, -0.05) is 0 Å². The van der Waals surface area contributed by atoms with Crippen LogP contribution >= 0.6 is 0 Å². The molecule has 1 aliphatic rings. The first kappa shape index (κ1) is 14.9. The van der Waals surface area contributed by atoms with Gasteiger partial charge in [0.05, 0.1) is 18.2 Å². The van der Waals surface area contributed by atoms with E-state index in [0.717, 1.165) is 0 Å². The standard InChI is InChI=1S/C15H12F3N5O/c1-8-20-21-13-3-2-12(22-23(8)13)9-4-11(16)14(19-6-9)24-7-10-5-15(10,17)18/h2-4,6,10H,5,7H2,1H3/t10-/m1/s1. The van der Waals surface area contributed by atoms with Gasteiger partial charge in [0.15, 0.2) is 17.3 Å². The third-order valence-electron chi connectivity index (χ3n) is 3.90. The van der Waals surface area contributed by atoms with Gasteiger partial charge in [-0.05, 0) is 25.1 Å². The van der Waals surface area contributed by atoms with Gasteiger partial charge in [0, 0.05) is 18.2 Å². The summed E-state index contributed by atoms with van der Waals surface area (Å²) < 4.78 is 46.3. The largest absolute Gasteiger partial charge is 0.475 e. The molecule has 1 fully saturated rings. The van der Waals surface area contributed by atoms with Crippen molar-refractivity contribution in [1.82, 2.24) is 24.8 Å². The van der Waals surface area contributed by atoms with Crippen LogP contribution < -0.4 is 4.74 Å². The summed E-state index contributed by atoms with van der Waals surface area (Å²) in [5.74, 6) is -3.97. The number of ether oxygens (including phenoxy) is 1. The summed E-state index contributed by atoms with van der Waals surface area (Å²) >= 11 is 0. The van der Waals surface area contributed by atoms with Crippen LogP contribution in [0.1, 0.15) is 12.2 Å². The number of nitrogens with zero attached hydrogens (tertiary/aromatic N) is 5. The van der Waals surface area contributed by atoms with Crippen LogP contribution in [0.4, 0.5) is 13.2 Å². The maximum absolute atomic E-state index is 14.1. The number of aryl methyl sites for hydroxylation is 1. The predicted molar refractivity (Wildman–Crippen MR) is 77.3 cm³/mol. The lowest BCUT2D eigenvalue weighted by atomic mass is 10.2. The normalized spacial score (nSPS) is 18.8. The minimum absolute atomic E-state index is 0.227. The fourth-order valence-electron chi connectivity index (χ4n) is 2.35. The minimum atomic E-state index is -2.70. The van der Waals surface area contributed by atoms with Crippen molar-refractivity contribution < 1.29 is 17.9 Å². The first-order valence-electron chi connectivity index (χ1n) is 7.30. The van der Waals surface area contributed by atoms with E-state index in [1.807, 2.05) is 0 Å². The molecular weight excluding hydrogens is 323 g/mol. The zero-order valence-corrected chi connectivity index (χ0v) is 12.6. The van der Waals surface area contributed by atoms with Crippen LogP contribution in [-0.2, 0) is 0 Å². The molecule has 0 unspecified atom stereocenters. The lowest BCUT2D eigenvalue weighted by Crippen LogP contribution is -2.08. The van der Waals surface area contributed by atoms with Crippen LogP contribution in [0.15, 0.2) is 24.4 Å². The second-order valence-corrected chi connectivity index (χ2v) is 5.72. The number of aromatic nitrogens is 5. The molecule has 9 heteroatoms. The summed E-state index contributed by atoms with van der Waals surface area (Å²) in [6.07, 6.45) is 1.16. The van der Waals surface area contributed by atoms with Crippen molar-refractivity contribution in [1.29, 1.82) is 0 Å². The highest BCUT2D eigenvalue weighted by Gasteiger charge is 2.57. The maximum atomic E-state index is 14.1. The smallest absolute Gasteiger partial charge is 0.255 e.